The first-order valence-electron chi connectivity index (χ1n) is 15.1. The van der Waals surface area contributed by atoms with E-state index >= 15 is 4.39 Å². The lowest BCUT2D eigenvalue weighted by atomic mass is 9.89. The average Bonchev–Trinajstić information content (AvgIpc) is 3.89. The summed E-state index contributed by atoms with van der Waals surface area (Å²) in [5.74, 6) is 0.686. The maximum absolute atomic E-state index is 15.0. The Morgan fingerprint density at radius 2 is 1.91 bits per heavy atom. The van der Waals surface area contributed by atoms with Crippen molar-refractivity contribution in [3.8, 4) is 11.3 Å². The number of hydrogen-bond acceptors (Lipinski definition) is 8. The van der Waals surface area contributed by atoms with E-state index in [9.17, 15) is 13.2 Å². The van der Waals surface area contributed by atoms with Crippen LogP contribution in [-0.4, -0.2) is 42.3 Å². The number of hydrogen-bond donors (Lipinski definition) is 1. The van der Waals surface area contributed by atoms with Crippen LogP contribution in [0.4, 0.5) is 9.52 Å². The summed E-state index contributed by atoms with van der Waals surface area (Å²) >= 11 is 1.34. The van der Waals surface area contributed by atoms with Gasteiger partial charge in [0.2, 0.25) is 10.0 Å². The predicted octanol–water partition coefficient (Wildman–Crippen LogP) is 6.74. The zero-order valence-electron chi connectivity index (χ0n) is 24.4. The Labute approximate surface area is 254 Å². The third-order valence-corrected chi connectivity index (χ3v) is 12.6. The lowest BCUT2D eigenvalue weighted by Gasteiger charge is -2.31. The average molecular weight is 623 g/mol. The Hall–Kier alpha value is -3.31. The number of aromatic nitrogens is 2. The Bertz CT molecular complexity index is 1820. The number of sulfonamides is 1. The number of benzene rings is 2. The molecule has 3 aliphatic rings. The molecule has 0 bridgehead atoms. The van der Waals surface area contributed by atoms with Gasteiger partial charge in [-0.15, -0.1) is 0 Å². The molecule has 0 radical (unpaired) electrons. The highest BCUT2D eigenvalue weighted by atomic mass is 32.2. The number of aryl methyl sites for hydroxylation is 1. The minimum Gasteiger partial charge on any atom is -0.360 e. The number of thiazole rings is 1. The molecule has 1 amide bonds. The monoisotopic (exact) mass is 622 g/mol. The number of nitrogens with one attached hydrogen (secondary N) is 1. The fourth-order valence-electron chi connectivity index (χ4n) is 6.03. The molecule has 0 spiro atoms. The highest BCUT2D eigenvalue weighted by Gasteiger charge is 2.51. The highest BCUT2D eigenvalue weighted by Crippen LogP contribution is 2.45. The summed E-state index contributed by atoms with van der Waals surface area (Å²) in [6.45, 7) is 5.36. The lowest BCUT2D eigenvalue weighted by Crippen LogP contribution is -2.38. The van der Waals surface area contributed by atoms with Crippen molar-refractivity contribution in [2.45, 2.75) is 75.9 Å². The number of carbonyl (C=O) groups excluding carboxylic acids is 1. The first-order valence-corrected chi connectivity index (χ1v) is 17.4. The molecule has 226 valence electrons. The number of rotatable bonds is 9. The van der Waals surface area contributed by atoms with Gasteiger partial charge >= 0.3 is 0 Å². The second-order valence-corrected chi connectivity index (χ2v) is 15.8. The molecule has 8 nitrogen and oxygen atoms in total. The fourth-order valence-corrected chi connectivity index (χ4v) is 8.35. The number of carbonyl (C=O) groups is 1. The van der Waals surface area contributed by atoms with E-state index in [1.54, 1.807) is 6.92 Å². The van der Waals surface area contributed by atoms with Gasteiger partial charge in [-0.3, -0.25) is 4.79 Å². The Kier molecular flexibility index (Phi) is 7.08. The van der Waals surface area contributed by atoms with Crippen LogP contribution in [0.3, 0.4) is 0 Å². The summed E-state index contributed by atoms with van der Waals surface area (Å²) in [5.41, 5.74) is 4.78. The molecule has 1 N–H and O–H groups in total. The molecule has 0 atom stereocenters. The smallest absolute Gasteiger partial charge is 0.264 e. The van der Waals surface area contributed by atoms with Gasteiger partial charge in [0.25, 0.3) is 5.91 Å². The molecule has 2 aromatic carbocycles. The maximum Gasteiger partial charge on any atom is 0.264 e. The van der Waals surface area contributed by atoms with Gasteiger partial charge in [-0.25, -0.2) is 22.5 Å². The van der Waals surface area contributed by atoms with Crippen molar-refractivity contribution in [3.63, 3.8) is 0 Å². The molecular formula is C32H35FN4O4S2. The van der Waals surface area contributed by atoms with Crippen LogP contribution >= 0.6 is 11.3 Å². The minimum absolute atomic E-state index is 0.0175. The van der Waals surface area contributed by atoms with Crippen molar-refractivity contribution in [2.24, 2.45) is 5.92 Å². The Morgan fingerprint density at radius 3 is 2.60 bits per heavy atom. The summed E-state index contributed by atoms with van der Waals surface area (Å²) in [7, 11) is -3.81. The van der Waals surface area contributed by atoms with Crippen molar-refractivity contribution in [1.82, 2.24) is 14.9 Å². The van der Waals surface area contributed by atoms with Gasteiger partial charge in [0, 0.05) is 35.7 Å². The summed E-state index contributed by atoms with van der Waals surface area (Å²) < 4.78 is 47.6. The van der Waals surface area contributed by atoms with Gasteiger partial charge in [-0.05, 0) is 88.8 Å². The van der Waals surface area contributed by atoms with Gasteiger partial charge < -0.3 is 9.42 Å². The minimum atomic E-state index is -3.81. The topological polar surface area (TPSA) is 105 Å². The van der Waals surface area contributed by atoms with E-state index in [4.69, 9.17) is 4.52 Å². The van der Waals surface area contributed by atoms with Gasteiger partial charge in [-0.2, -0.15) is 0 Å². The van der Waals surface area contributed by atoms with E-state index in [1.807, 2.05) is 6.07 Å². The SMILES string of the molecule is Cc1ccccc1-c1noc(C2CC2)c1CCC1CCN(c2nc3c(F)cc(C(=O)NS(=O)(=O)C4(C)CC4)cc3s2)CC1. The molecule has 1 saturated heterocycles. The summed E-state index contributed by atoms with van der Waals surface area (Å²) in [5, 5.41) is 5.25. The summed E-state index contributed by atoms with van der Waals surface area (Å²) in [6, 6.07) is 10.9. The number of nitrogens with zero attached hydrogens (tertiary/aromatic N) is 3. The van der Waals surface area contributed by atoms with E-state index in [2.05, 4.69) is 44.9 Å². The van der Waals surface area contributed by atoms with Gasteiger partial charge in [0.1, 0.15) is 17.0 Å². The van der Waals surface area contributed by atoms with Crippen LogP contribution in [0, 0.1) is 18.7 Å². The molecule has 0 unspecified atom stereocenters. The van der Waals surface area contributed by atoms with Crippen molar-refractivity contribution in [3.05, 3.63) is 64.7 Å². The Morgan fingerprint density at radius 1 is 1.16 bits per heavy atom. The summed E-state index contributed by atoms with van der Waals surface area (Å²) in [6.07, 6.45) is 7.36. The second kappa shape index (κ2) is 10.7. The third-order valence-electron chi connectivity index (χ3n) is 9.38. The number of fused-ring (bicyclic) bond motifs is 1. The lowest BCUT2D eigenvalue weighted by molar-refractivity contribution is 0.0980. The van der Waals surface area contributed by atoms with Crippen LogP contribution in [0.5, 0.6) is 0 Å². The molecule has 2 aromatic heterocycles. The standard InChI is InChI=1S/C32H35FN4O4S2/c1-19-5-3-4-6-23(19)27-24(29(41-35-27)21-8-9-21)10-7-20-11-15-37(16-12-20)31-34-28-25(33)17-22(18-26(28)42-31)30(38)36-43(39,40)32(2)13-14-32/h3-6,17-18,20-21H,7-16H2,1-2H3,(H,36,38). The Balaban J connectivity index is 1.01. The van der Waals surface area contributed by atoms with Crippen LogP contribution in [0.1, 0.15) is 85.0 Å². The zero-order chi connectivity index (χ0) is 29.9. The van der Waals surface area contributed by atoms with Crippen LogP contribution in [-0.2, 0) is 16.4 Å². The van der Waals surface area contributed by atoms with Crippen molar-refractivity contribution < 1.29 is 22.1 Å². The van der Waals surface area contributed by atoms with E-state index in [0.717, 1.165) is 67.0 Å². The fraction of sp³-hybridized carbons (Fsp3) is 0.469. The number of amides is 1. The molecule has 2 saturated carbocycles. The van der Waals surface area contributed by atoms with Crippen molar-refractivity contribution in [1.29, 1.82) is 0 Å². The van der Waals surface area contributed by atoms with Crippen LogP contribution < -0.4 is 9.62 Å². The van der Waals surface area contributed by atoms with E-state index in [-0.39, 0.29) is 11.1 Å². The third kappa shape index (κ3) is 5.46. The summed E-state index contributed by atoms with van der Waals surface area (Å²) in [4.78, 5) is 19.5. The number of halogens is 1. The molecule has 2 aliphatic carbocycles. The van der Waals surface area contributed by atoms with Crippen LogP contribution in [0.15, 0.2) is 40.9 Å². The van der Waals surface area contributed by atoms with Gasteiger partial charge in [0.05, 0.1) is 9.45 Å². The highest BCUT2D eigenvalue weighted by molar-refractivity contribution is 7.91. The van der Waals surface area contributed by atoms with Crippen molar-refractivity contribution in [2.75, 3.05) is 18.0 Å². The number of anilines is 1. The molecular weight excluding hydrogens is 588 g/mol. The molecule has 1 aliphatic heterocycles. The van der Waals surface area contributed by atoms with Crippen molar-refractivity contribution >= 4 is 42.6 Å². The molecule has 3 fully saturated rings. The first-order chi connectivity index (χ1) is 20.6. The molecule has 3 heterocycles. The molecule has 43 heavy (non-hydrogen) atoms. The first kappa shape index (κ1) is 28.5. The largest absolute Gasteiger partial charge is 0.360 e. The van der Waals surface area contributed by atoms with E-state index < -0.39 is 26.5 Å². The predicted molar refractivity (Wildman–Crippen MR) is 166 cm³/mol. The van der Waals surface area contributed by atoms with E-state index in [1.165, 1.54) is 41.4 Å². The van der Waals surface area contributed by atoms with Gasteiger partial charge in [0.15, 0.2) is 10.9 Å². The van der Waals surface area contributed by atoms with Crippen LogP contribution in [0.2, 0.25) is 0 Å². The zero-order valence-corrected chi connectivity index (χ0v) is 26.0. The van der Waals surface area contributed by atoms with E-state index in [0.29, 0.717) is 29.4 Å². The number of piperidine rings is 1. The second-order valence-electron chi connectivity index (χ2n) is 12.6. The van der Waals surface area contributed by atoms with Crippen LogP contribution in [0.25, 0.3) is 21.5 Å². The van der Waals surface area contributed by atoms with Gasteiger partial charge in [-0.1, -0.05) is 40.8 Å². The molecule has 4 aromatic rings. The molecule has 11 heteroatoms. The quantitative estimate of drug-likeness (QED) is 0.220. The maximum atomic E-state index is 15.0. The molecule has 7 rings (SSSR count). The normalized spacial score (nSPS) is 18.7.